The fourth-order valence-corrected chi connectivity index (χ4v) is 3.09. The molecule has 0 saturated carbocycles. The zero-order chi connectivity index (χ0) is 13.8. The van der Waals surface area contributed by atoms with Crippen LogP contribution in [0.3, 0.4) is 0 Å². The van der Waals surface area contributed by atoms with Crippen molar-refractivity contribution in [3.05, 3.63) is 34.8 Å². The van der Waals surface area contributed by atoms with Crippen LogP contribution in [0.1, 0.15) is 36.9 Å². The van der Waals surface area contributed by atoms with E-state index in [4.69, 9.17) is 0 Å². The summed E-state index contributed by atoms with van der Waals surface area (Å²) in [6.07, 6.45) is 1.13. The lowest BCUT2D eigenvalue weighted by Gasteiger charge is -2.11. The summed E-state index contributed by atoms with van der Waals surface area (Å²) in [5.74, 6) is 0.287. The molecular formula is C15H20N2OS. The topological polar surface area (TPSA) is 45.1 Å². The first kappa shape index (κ1) is 14.0. The smallest absolute Gasteiger partial charge is 0.123 e. The van der Waals surface area contributed by atoms with Gasteiger partial charge in [0.2, 0.25) is 0 Å². The van der Waals surface area contributed by atoms with E-state index in [-0.39, 0.29) is 5.75 Å². The Labute approximate surface area is 118 Å². The molecule has 4 heteroatoms. The van der Waals surface area contributed by atoms with Crippen LogP contribution in [-0.2, 0) is 0 Å². The Hall–Kier alpha value is -1.39. The molecule has 0 saturated heterocycles. The minimum Gasteiger partial charge on any atom is -0.508 e. The van der Waals surface area contributed by atoms with Gasteiger partial charge in [-0.15, -0.1) is 11.3 Å². The monoisotopic (exact) mass is 276 g/mol. The molecule has 2 N–H and O–H groups in total. The highest BCUT2D eigenvalue weighted by atomic mass is 32.1. The van der Waals surface area contributed by atoms with Gasteiger partial charge >= 0.3 is 0 Å². The van der Waals surface area contributed by atoms with Crippen LogP contribution < -0.4 is 5.32 Å². The SMILES string of the molecule is CCCNC(C)c1sc(-c2ccc(O)cc2)nc1C. The van der Waals surface area contributed by atoms with Gasteiger partial charge in [-0.2, -0.15) is 0 Å². The highest BCUT2D eigenvalue weighted by molar-refractivity contribution is 7.15. The van der Waals surface area contributed by atoms with Gasteiger partial charge in [0.25, 0.3) is 0 Å². The van der Waals surface area contributed by atoms with Gasteiger partial charge in [-0.1, -0.05) is 6.92 Å². The van der Waals surface area contributed by atoms with Gasteiger partial charge < -0.3 is 10.4 Å². The zero-order valence-electron chi connectivity index (χ0n) is 11.6. The molecule has 0 aliphatic rings. The molecule has 0 aliphatic carbocycles. The number of nitrogens with one attached hydrogen (secondary N) is 1. The lowest BCUT2D eigenvalue weighted by molar-refractivity contribution is 0.475. The Kier molecular flexibility index (Phi) is 4.56. The molecule has 19 heavy (non-hydrogen) atoms. The van der Waals surface area contributed by atoms with E-state index < -0.39 is 0 Å². The van der Waals surface area contributed by atoms with Crippen LogP contribution >= 0.6 is 11.3 Å². The van der Waals surface area contributed by atoms with Crippen molar-refractivity contribution in [1.82, 2.24) is 10.3 Å². The molecule has 0 amide bonds. The van der Waals surface area contributed by atoms with E-state index >= 15 is 0 Å². The average Bonchev–Trinajstić information content (AvgIpc) is 2.79. The average molecular weight is 276 g/mol. The van der Waals surface area contributed by atoms with E-state index in [1.54, 1.807) is 23.5 Å². The largest absolute Gasteiger partial charge is 0.508 e. The number of rotatable bonds is 5. The number of hydrogen-bond acceptors (Lipinski definition) is 4. The summed E-state index contributed by atoms with van der Waals surface area (Å²) in [7, 11) is 0. The van der Waals surface area contributed by atoms with Crippen LogP contribution in [0.2, 0.25) is 0 Å². The molecule has 102 valence electrons. The second kappa shape index (κ2) is 6.17. The Morgan fingerprint density at radius 2 is 2.00 bits per heavy atom. The van der Waals surface area contributed by atoms with E-state index in [2.05, 4.69) is 31.1 Å². The summed E-state index contributed by atoms with van der Waals surface area (Å²) in [5, 5.41) is 13.8. The molecule has 1 heterocycles. The maximum atomic E-state index is 9.32. The van der Waals surface area contributed by atoms with E-state index in [1.807, 2.05) is 12.1 Å². The Balaban J connectivity index is 2.23. The van der Waals surface area contributed by atoms with Crippen molar-refractivity contribution in [3.8, 4) is 16.3 Å². The minimum atomic E-state index is 0.287. The summed E-state index contributed by atoms with van der Waals surface area (Å²) in [4.78, 5) is 5.93. The third-order valence-corrected chi connectivity index (χ3v) is 4.43. The van der Waals surface area contributed by atoms with Crippen molar-refractivity contribution in [1.29, 1.82) is 0 Å². The van der Waals surface area contributed by atoms with E-state index in [0.29, 0.717) is 6.04 Å². The number of nitrogens with zero attached hydrogens (tertiary/aromatic N) is 1. The fourth-order valence-electron chi connectivity index (χ4n) is 1.99. The predicted octanol–water partition coefficient (Wildman–Crippen LogP) is 3.88. The number of benzene rings is 1. The predicted molar refractivity (Wildman–Crippen MR) is 80.7 cm³/mol. The number of phenols is 1. The van der Waals surface area contributed by atoms with Gasteiger partial charge in [0.05, 0.1) is 5.69 Å². The number of phenolic OH excluding ortho intramolecular Hbond substituents is 1. The van der Waals surface area contributed by atoms with Crippen LogP contribution in [-0.4, -0.2) is 16.6 Å². The number of aromatic hydroxyl groups is 1. The van der Waals surface area contributed by atoms with Gasteiger partial charge in [-0.25, -0.2) is 4.98 Å². The third kappa shape index (κ3) is 3.33. The van der Waals surface area contributed by atoms with Crippen molar-refractivity contribution in [2.75, 3.05) is 6.54 Å². The first-order valence-corrected chi connectivity index (χ1v) is 7.43. The van der Waals surface area contributed by atoms with E-state index in [1.165, 1.54) is 4.88 Å². The lowest BCUT2D eigenvalue weighted by atomic mass is 10.2. The van der Waals surface area contributed by atoms with Crippen molar-refractivity contribution in [2.24, 2.45) is 0 Å². The van der Waals surface area contributed by atoms with E-state index in [9.17, 15) is 5.11 Å². The second-order valence-corrected chi connectivity index (χ2v) is 5.72. The van der Waals surface area contributed by atoms with Crippen molar-refractivity contribution in [2.45, 2.75) is 33.2 Å². The standard InChI is InChI=1S/C15H20N2OS/c1-4-9-16-10(2)14-11(3)17-15(19-14)12-5-7-13(18)8-6-12/h5-8,10,16,18H,4,9H2,1-3H3. The molecule has 1 aromatic carbocycles. The van der Waals surface area contributed by atoms with Gasteiger partial charge in [0, 0.05) is 16.5 Å². The lowest BCUT2D eigenvalue weighted by Crippen LogP contribution is -2.18. The minimum absolute atomic E-state index is 0.287. The van der Waals surface area contributed by atoms with Crippen LogP contribution in [0.25, 0.3) is 10.6 Å². The first-order valence-electron chi connectivity index (χ1n) is 6.62. The van der Waals surface area contributed by atoms with Gasteiger partial charge in [0.15, 0.2) is 0 Å². The highest BCUT2D eigenvalue weighted by Crippen LogP contribution is 2.32. The molecule has 0 spiro atoms. The summed E-state index contributed by atoms with van der Waals surface area (Å²) < 4.78 is 0. The van der Waals surface area contributed by atoms with E-state index in [0.717, 1.165) is 29.2 Å². The van der Waals surface area contributed by atoms with Gasteiger partial charge in [-0.3, -0.25) is 0 Å². The number of aryl methyl sites for hydroxylation is 1. The Bertz CT molecular complexity index is 534. The van der Waals surface area contributed by atoms with Crippen molar-refractivity contribution in [3.63, 3.8) is 0 Å². The van der Waals surface area contributed by atoms with Crippen LogP contribution in [0.4, 0.5) is 0 Å². The quantitative estimate of drug-likeness (QED) is 0.871. The van der Waals surface area contributed by atoms with Crippen LogP contribution in [0, 0.1) is 6.92 Å². The van der Waals surface area contributed by atoms with Crippen molar-refractivity contribution >= 4 is 11.3 Å². The summed E-state index contributed by atoms with van der Waals surface area (Å²) in [5.41, 5.74) is 2.14. The second-order valence-electron chi connectivity index (χ2n) is 4.69. The first-order chi connectivity index (χ1) is 9.11. The fraction of sp³-hybridized carbons (Fsp3) is 0.400. The molecular weight excluding hydrogens is 256 g/mol. The molecule has 2 aromatic rings. The zero-order valence-corrected chi connectivity index (χ0v) is 12.4. The van der Waals surface area contributed by atoms with Crippen LogP contribution in [0.5, 0.6) is 5.75 Å². The molecule has 0 fully saturated rings. The third-order valence-electron chi connectivity index (χ3n) is 3.04. The number of hydrogen-bond donors (Lipinski definition) is 2. The molecule has 0 aliphatic heterocycles. The molecule has 1 unspecified atom stereocenters. The van der Waals surface area contributed by atoms with Crippen molar-refractivity contribution < 1.29 is 5.11 Å². The molecule has 3 nitrogen and oxygen atoms in total. The Morgan fingerprint density at radius 3 is 2.63 bits per heavy atom. The summed E-state index contributed by atoms with van der Waals surface area (Å²) >= 11 is 1.72. The molecule has 0 bridgehead atoms. The molecule has 1 aromatic heterocycles. The molecule has 1 atom stereocenters. The van der Waals surface area contributed by atoms with Gasteiger partial charge in [-0.05, 0) is 51.1 Å². The summed E-state index contributed by atoms with van der Waals surface area (Å²) in [6, 6.07) is 7.54. The molecule has 0 radical (unpaired) electrons. The highest BCUT2D eigenvalue weighted by Gasteiger charge is 2.14. The number of aromatic nitrogens is 1. The maximum Gasteiger partial charge on any atom is 0.123 e. The van der Waals surface area contributed by atoms with Gasteiger partial charge in [0.1, 0.15) is 10.8 Å². The normalized spacial score (nSPS) is 12.6. The molecule has 2 rings (SSSR count). The summed E-state index contributed by atoms with van der Waals surface area (Å²) in [6.45, 7) is 7.42. The Morgan fingerprint density at radius 1 is 1.32 bits per heavy atom. The number of thiazole rings is 1. The van der Waals surface area contributed by atoms with Crippen LogP contribution in [0.15, 0.2) is 24.3 Å². The maximum absolute atomic E-state index is 9.32.